The number of aromatic nitrogens is 1. The highest BCUT2D eigenvalue weighted by atomic mass is 32.2. The summed E-state index contributed by atoms with van der Waals surface area (Å²) in [5.41, 5.74) is -2.13. The Kier molecular flexibility index (Phi) is 4.02. The molecule has 0 aliphatic carbocycles. The summed E-state index contributed by atoms with van der Waals surface area (Å²) in [6.45, 7) is 3.47. The number of pyridine rings is 1. The van der Waals surface area contributed by atoms with Crippen LogP contribution < -0.4 is 0 Å². The molecule has 0 saturated carbocycles. The quantitative estimate of drug-likeness (QED) is 0.834. The van der Waals surface area contributed by atoms with Gasteiger partial charge in [0.05, 0.1) is 24.3 Å². The predicted molar refractivity (Wildman–Crippen MR) is 68.0 cm³/mol. The summed E-state index contributed by atoms with van der Waals surface area (Å²) in [7, 11) is -4.31. The van der Waals surface area contributed by atoms with E-state index < -0.39 is 32.2 Å². The number of nitrogens with zero attached hydrogens (tertiary/aromatic N) is 2. The van der Waals surface area contributed by atoms with E-state index in [0.29, 0.717) is 6.07 Å². The Morgan fingerprint density at radius 2 is 2.05 bits per heavy atom. The summed E-state index contributed by atoms with van der Waals surface area (Å²) in [6, 6.07) is 0.667. The molecular formula is C12H15F3N2O3S. The number of halogens is 3. The van der Waals surface area contributed by atoms with Crippen LogP contribution >= 0.6 is 0 Å². The fraction of sp³-hybridized carbons (Fsp3) is 0.583. The Balaban J connectivity index is 2.55. The van der Waals surface area contributed by atoms with Crippen LogP contribution in [0.4, 0.5) is 13.2 Å². The molecule has 21 heavy (non-hydrogen) atoms. The number of hydrogen-bond donors (Lipinski definition) is 0. The lowest BCUT2D eigenvalue weighted by atomic mass is 10.1. The Hall–Kier alpha value is -1.19. The summed E-state index contributed by atoms with van der Waals surface area (Å²) in [6.07, 6.45) is -3.10. The SMILES string of the molecule is CC1(C)COCCN1S(=O)(=O)c1cnccc1C(F)(F)F. The average molecular weight is 324 g/mol. The predicted octanol–water partition coefficient (Wildman–Crippen LogP) is 1.90. The van der Waals surface area contributed by atoms with Gasteiger partial charge in [-0.3, -0.25) is 4.98 Å². The van der Waals surface area contributed by atoms with Crippen LogP contribution in [-0.4, -0.2) is 43.0 Å². The summed E-state index contributed by atoms with van der Waals surface area (Å²) in [5, 5.41) is 0. The van der Waals surface area contributed by atoms with Crippen molar-refractivity contribution in [1.82, 2.24) is 9.29 Å². The molecule has 1 aromatic heterocycles. The van der Waals surface area contributed by atoms with Gasteiger partial charge in [-0.25, -0.2) is 8.42 Å². The molecule has 2 heterocycles. The molecule has 0 amide bonds. The van der Waals surface area contributed by atoms with Crippen molar-refractivity contribution in [2.45, 2.75) is 30.5 Å². The first-order valence-corrected chi connectivity index (χ1v) is 7.62. The second-order valence-corrected chi connectivity index (χ2v) is 7.14. The van der Waals surface area contributed by atoms with Crippen molar-refractivity contribution < 1.29 is 26.3 Å². The first kappa shape index (κ1) is 16.2. The minimum Gasteiger partial charge on any atom is -0.378 e. The minimum atomic E-state index is -4.76. The molecule has 0 aromatic carbocycles. The van der Waals surface area contributed by atoms with Crippen molar-refractivity contribution in [3.8, 4) is 0 Å². The van der Waals surface area contributed by atoms with Gasteiger partial charge < -0.3 is 4.74 Å². The topological polar surface area (TPSA) is 59.5 Å². The molecule has 1 aliphatic rings. The molecule has 9 heteroatoms. The van der Waals surface area contributed by atoms with E-state index in [0.717, 1.165) is 16.7 Å². The van der Waals surface area contributed by atoms with Crippen LogP contribution in [0.25, 0.3) is 0 Å². The number of hydrogen-bond acceptors (Lipinski definition) is 4. The molecule has 0 spiro atoms. The highest BCUT2D eigenvalue weighted by Gasteiger charge is 2.44. The standard InChI is InChI=1S/C12H15F3N2O3S/c1-11(2)8-20-6-5-17(11)21(18,19)10-7-16-4-3-9(10)12(13,14)15/h3-4,7H,5-6,8H2,1-2H3. The monoisotopic (exact) mass is 324 g/mol. The van der Waals surface area contributed by atoms with Crippen molar-refractivity contribution in [1.29, 1.82) is 0 Å². The molecule has 0 unspecified atom stereocenters. The van der Waals surface area contributed by atoms with Crippen LogP contribution in [-0.2, 0) is 20.9 Å². The van der Waals surface area contributed by atoms with Crippen molar-refractivity contribution >= 4 is 10.0 Å². The van der Waals surface area contributed by atoms with Crippen molar-refractivity contribution in [2.24, 2.45) is 0 Å². The largest absolute Gasteiger partial charge is 0.417 e. The van der Waals surface area contributed by atoms with E-state index >= 15 is 0 Å². The number of alkyl halides is 3. The maximum atomic E-state index is 13.0. The maximum Gasteiger partial charge on any atom is 0.417 e. The van der Waals surface area contributed by atoms with E-state index in [4.69, 9.17) is 4.74 Å². The van der Waals surface area contributed by atoms with Crippen molar-refractivity contribution in [2.75, 3.05) is 19.8 Å². The molecule has 118 valence electrons. The summed E-state index contributed by atoms with van der Waals surface area (Å²) < 4.78 is 70.4. The lowest BCUT2D eigenvalue weighted by Crippen LogP contribution is -2.55. The molecular weight excluding hydrogens is 309 g/mol. The molecule has 5 nitrogen and oxygen atoms in total. The van der Waals surface area contributed by atoms with Gasteiger partial charge in [0.2, 0.25) is 10.0 Å². The van der Waals surface area contributed by atoms with Crippen molar-refractivity contribution in [3.05, 3.63) is 24.0 Å². The summed E-state index contributed by atoms with van der Waals surface area (Å²) >= 11 is 0. The Bertz CT molecular complexity index is 629. The number of ether oxygens (including phenoxy) is 1. The van der Waals surface area contributed by atoms with E-state index in [9.17, 15) is 21.6 Å². The number of morpholine rings is 1. The van der Waals surface area contributed by atoms with Gasteiger partial charge in [-0.2, -0.15) is 17.5 Å². The van der Waals surface area contributed by atoms with E-state index in [1.54, 1.807) is 13.8 Å². The third kappa shape index (κ3) is 3.04. The first-order chi connectivity index (χ1) is 9.57. The first-order valence-electron chi connectivity index (χ1n) is 6.18. The van der Waals surface area contributed by atoms with E-state index in [2.05, 4.69) is 4.98 Å². The van der Waals surface area contributed by atoms with Crippen LogP contribution in [0.1, 0.15) is 19.4 Å². The molecule has 2 rings (SSSR count). The van der Waals surface area contributed by atoms with Crippen molar-refractivity contribution in [3.63, 3.8) is 0 Å². The third-order valence-corrected chi connectivity index (χ3v) is 5.37. The van der Waals surface area contributed by atoms with Crippen LogP contribution in [0.5, 0.6) is 0 Å². The zero-order valence-electron chi connectivity index (χ0n) is 11.5. The summed E-state index contributed by atoms with van der Waals surface area (Å²) in [5.74, 6) is 0. The molecule has 1 aliphatic heterocycles. The van der Waals surface area contributed by atoms with Gasteiger partial charge in [0.15, 0.2) is 0 Å². The Morgan fingerprint density at radius 1 is 1.38 bits per heavy atom. The fourth-order valence-electron chi connectivity index (χ4n) is 2.23. The number of sulfonamides is 1. The lowest BCUT2D eigenvalue weighted by molar-refractivity contribution is -0.140. The zero-order valence-corrected chi connectivity index (χ0v) is 12.3. The van der Waals surface area contributed by atoms with Crippen LogP contribution in [0.3, 0.4) is 0 Å². The zero-order chi connectivity index (χ0) is 15.9. The van der Waals surface area contributed by atoms with Gasteiger partial charge in [0.1, 0.15) is 4.90 Å². The van der Waals surface area contributed by atoms with Gasteiger partial charge >= 0.3 is 6.18 Å². The Morgan fingerprint density at radius 3 is 2.62 bits per heavy atom. The molecule has 0 atom stereocenters. The molecule has 1 aromatic rings. The molecule has 0 bridgehead atoms. The second-order valence-electron chi connectivity index (χ2n) is 5.31. The van der Waals surface area contributed by atoms with Gasteiger partial charge in [-0.05, 0) is 19.9 Å². The van der Waals surface area contributed by atoms with Gasteiger partial charge in [-0.1, -0.05) is 0 Å². The van der Waals surface area contributed by atoms with E-state index in [-0.39, 0.29) is 19.8 Å². The molecule has 1 saturated heterocycles. The van der Waals surface area contributed by atoms with Crippen LogP contribution in [0.2, 0.25) is 0 Å². The van der Waals surface area contributed by atoms with Gasteiger partial charge in [-0.15, -0.1) is 0 Å². The average Bonchev–Trinajstić information content (AvgIpc) is 2.37. The molecule has 0 radical (unpaired) electrons. The highest BCUT2D eigenvalue weighted by Crippen LogP contribution is 2.36. The normalized spacial score (nSPS) is 20.4. The maximum absolute atomic E-state index is 13.0. The van der Waals surface area contributed by atoms with E-state index in [1.165, 1.54) is 0 Å². The number of rotatable bonds is 2. The lowest BCUT2D eigenvalue weighted by Gasteiger charge is -2.40. The van der Waals surface area contributed by atoms with Gasteiger partial charge in [0.25, 0.3) is 0 Å². The fourth-order valence-corrected chi connectivity index (χ4v) is 4.14. The second kappa shape index (κ2) is 5.22. The smallest absolute Gasteiger partial charge is 0.378 e. The summed E-state index contributed by atoms with van der Waals surface area (Å²) in [4.78, 5) is 2.70. The molecule has 0 N–H and O–H groups in total. The van der Waals surface area contributed by atoms with E-state index in [1.807, 2.05) is 0 Å². The minimum absolute atomic E-state index is 0.00151. The third-order valence-electron chi connectivity index (χ3n) is 3.23. The Labute approximate surface area is 120 Å². The van der Waals surface area contributed by atoms with Crippen LogP contribution in [0.15, 0.2) is 23.4 Å². The highest BCUT2D eigenvalue weighted by molar-refractivity contribution is 7.89. The van der Waals surface area contributed by atoms with Gasteiger partial charge in [0, 0.05) is 18.9 Å². The van der Waals surface area contributed by atoms with Crippen LogP contribution in [0, 0.1) is 0 Å². The molecule has 1 fully saturated rings.